The molecular weight excluding hydrogens is 409 g/mol. The highest BCUT2D eigenvalue weighted by atomic mass is 35.5. The Morgan fingerprint density at radius 2 is 1.90 bits per heavy atom. The van der Waals surface area contributed by atoms with Crippen molar-refractivity contribution in [3.8, 4) is 0 Å². The summed E-state index contributed by atoms with van der Waals surface area (Å²) < 4.78 is 5.60. The third-order valence-corrected chi connectivity index (χ3v) is 4.91. The van der Waals surface area contributed by atoms with Crippen molar-refractivity contribution in [3.63, 3.8) is 0 Å². The molecule has 0 bridgehead atoms. The Kier molecular flexibility index (Phi) is 10.6. The van der Waals surface area contributed by atoms with Gasteiger partial charge in [-0.2, -0.15) is 0 Å². The second kappa shape index (κ2) is 12.2. The van der Waals surface area contributed by atoms with E-state index in [1.165, 1.54) is 5.56 Å². The van der Waals surface area contributed by atoms with Crippen LogP contribution in [0.15, 0.2) is 48.5 Å². The molecule has 160 valence electrons. The van der Waals surface area contributed by atoms with Crippen LogP contribution in [0.4, 0.5) is 0 Å². The van der Waals surface area contributed by atoms with Gasteiger partial charge in [-0.25, -0.2) is 0 Å². The van der Waals surface area contributed by atoms with Gasteiger partial charge in [0.1, 0.15) is 6.04 Å². The maximum Gasteiger partial charge on any atom is 0.241 e. The number of ether oxygens (including phenoxy) is 1. The van der Waals surface area contributed by atoms with Crippen LogP contribution in [-0.2, 0) is 22.6 Å². The molecule has 1 heterocycles. The first-order valence-electron chi connectivity index (χ1n) is 9.53. The predicted octanol–water partition coefficient (Wildman–Crippen LogP) is 3.38. The number of benzene rings is 2. The zero-order chi connectivity index (χ0) is 19.2. The number of hydrogen-bond acceptors (Lipinski definition) is 4. The molecular formula is C22H31Cl2N3O2. The molecule has 2 aromatic rings. The zero-order valence-electron chi connectivity index (χ0n) is 17.0. The van der Waals surface area contributed by atoms with E-state index in [-0.39, 0.29) is 36.8 Å². The Labute approximate surface area is 185 Å². The number of rotatable bonds is 6. The molecule has 5 nitrogen and oxygen atoms in total. The first-order chi connectivity index (χ1) is 13.0. The number of amides is 1. The Bertz CT molecular complexity index is 771. The summed E-state index contributed by atoms with van der Waals surface area (Å²) in [6.45, 7) is 8.19. The van der Waals surface area contributed by atoms with Gasteiger partial charge in [0.15, 0.2) is 0 Å². The summed E-state index contributed by atoms with van der Waals surface area (Å²) in [7, 11) is 0. The molecule has 1 amide bonds. The van der Waals surface area contributed by atoms with E-state index in [1.807, 2.05) is 43.3 Å². The van der Waals surface area contributed by atoms with E-state index >= 15 is 0 Å². The molecule has 2 unspecified atom stereocenters. The highest BCUT2D eigenvalue weighted by Gasteiger charge is 2.17. The van der Waals surface area contributed by atoms with Crippen LogP contribution in [0, 0.1) is 6.92 Å². The van der Waals surface area contributed by atoms with Crippen molar-refractivity contribution in [1.82, 2.24) is 10.2 Å². The van der Waals surface area contributed by atoms with Crippen molar-refractivity contribution >= 4 is 30.7 Å². The summed E-state index contributed by atoms with van der Waals surface area (Å²) in [4.78, 5) is 14.8. The van der Waals surface area contributed by atoms with Crippen molar-refractivity contribution in [1.29, 1.82) is 0 Å². The van der Waals surface area contributed by atoms with Crippen LogP contribution >= 0.6 is 24.8 Å². The van der Waals surface area contributed by atoms with Crippen molar-refractivity contribution in [2.24, 2.45) is 5.73 Å². The highest BCUT2D eigenvalue weighted by molar-refractivity contribution is 5.85. The third-order valence-electron chi connectivity index (χ3n) is 4.91. The van der Waals surface area contributed by atoms with Gasteiger partial charge in [-0.3, -0.25) is 9.69 Å². The van der Waals surface area contributed by atoms with E-state index in [9.17, 15) is 4.79 Å². The second-order valence-electron chi connectivity index (χ2n) is 7.34. The summed E-state index contributed by atoms with van der Waals surface area (Å²) in [6.07, 6.45) is 0.282. The molecule has 1 aliphatic heterocycles. The van der Waals surface area contributed by atoms with Gasteiger partial charge in [-0.1, -0.05) is 54.1 Å². The average Bonchev–Trinajstić information content (AvgIpc) is 2.66. The molecule has 0 aliphatic carbocycles. The van der Waals surface area contributed by atoms with Gasteiger partial charge in [0.05, 0.1) is 12.7 Å². The van der Waals surface area contributed by atoms with E-state index < -0.39 is 6.04 Å². The summed E-state index contributed by atoms with van der Waals surface area (Å²) in [5, 5.41) is 2.95. The standard InChI is InChI=1S/C22H29N3O2.2ClH/c1-16-6-8-20(9-7-16)21(23)22(26)24-13-18-4-3-5-19(12-18)15-25-10-11-27-17(2)14-25;;/h3-9,12,17,21H,10-11,13-15,23H2,1-2H3,(H,24,26);2*1H. The SMILES string of the molecule is Cc1ccc(C(N)C(=O)NCc2cccc(CN3CCOC(C)C3)c2)cc1.Cl.Cl. The van der Waals surface area contributed by atoms with Crippen LogP contribution in [0.1, 0.15) is 35.2 Å². The number of nitrogens with zero attached hydrogens (tertiary/aromatic N) is 1. The number of carbonyl (C=O) groups is 1. The quantitative estimate of drug-likeness (QED) is 0.723. The molecule has 1 saturated heterocycles. The largest absolute Gasteiger partial charge is 0.376 e. The van der Waals surface area contributed by atoms with E-state index in [2.05, 4.69) is 29.3 Å². The molecule has 1 aliphatic rings. The second-order valence-corrected chi connectivity index (χ2v) is 7.34. The smallest absolute Gasteiger partial charge is 0.241 e. The number of nitrogens with two attached hydrogens (primary N) is 1. The fourth-order valence-corrected chi connectivity index (χ4v) is 3.35. The first kappa shape index (κ1) is 25.4. The Balaban J connectivity index is 0.00000210. The summed E-state index contributed by atoms with van der Waals surface area (Å²) in [5.74, 6) is -0.161. The number of morpholine rings is 1. The van der Waals surface area contributed by atoms with E-state index in [0.29, 0.717) is 6.54 Å². The number of nitrogens with one attached hydrogen (secondary N) is 1. The van der Waals surface area contributed by atoms with Crippen LogP contribution in [0.2, 0.25) is 0 Å². The highest BCUT2D eigenvalue weighted by Crippen LogP contribution is 2.14. The maximum absolute atomic E-state index is 12.4. The molecule has 3 rings (SSSR count). The average molecular weight is 440 g/mol. The van der Waals surface area contributed by atoms with Crippen molar-refractivity contribution in [3.05, 3.63) is 70.8 Å². The minimum Gasteiger partial charge on any atom is -0.376 e. The maximum atomic E-state index is 12.4. The lowest BCUT2D eigenvalue weighted by molar-refractivity contribution is -0.122. The van der Waals surface area contributed by atoms with Crippen molar-refractivity contribution in [2.45, 2.75) is 39.1 Å². The van der Waals surface area contributed by atoms with Gasteiger partial charge in [0.25, 0.3) is 0 Å². The van der Waals surface area contributed by atoms with E-state index in [1.54, 1.807) is 0 Å². The van der Waals surface area contributed by atoms with Crippen molar-refractivity contribution in [2.75, 3.05) is 19.7 Å². The lowest BCUT2D eigenvalue weighted by Crippen LogP contribution is -2.40. The number of aryl methyl sites for hydroxylation is 1. The van der Waals surface area contributed by atoms with E-state index in [0.717, 1.165) is 42.9 Å². The Hall–Kier alpha value is -1.63. The number of carbonyl (C=O) groups excluding carboxylic acids is 1. The van der Waals surface area contributed by atoms with Crippen LogP contribution in [-0.4, -0.2) is 36.6 Å². The lowest BCUT2D eigenvalue weighted by atomic mass is 10.0. The van der Waals surface area contributed by atoms with Crippen LogP contribution < -0.4 is 11.1 Å². The Morgan fingerprint density at radius 3 is 2.59 bits per heavy atom. The fraction of sp³-hybridized carbons (Fsp3) is 0.409. The summed E-state index contributed by atoms with van der Waals surface area (Å²) >= 11 is 0. The summed E-state index contributed by atoms with van der Waals surface area (Å²) in [6, 6.07) is 15.5. The van der Waals surface area contributed by atoms with Gasteiger partial charge in [-0.15, -0.1) is 24.8 Å². The molecule has 3 N–H and O–H groups in total. The van der Waals surface area contributed by atoms with Crippen molar-refractivity contribution < 1.29 is 9.53 Å². The minimum absolute atomic E-state index is 0. The molecule has 0 saturated carbocycles. The molecule has 1 fully saturated rings. The monoisotopic (exact) mass is 439 g/mol. The number of halogens is 2. The Morgan fingerprint density at radius 1 is 1.21 bits per heavy atom. The van der Waals surface area contributed by atoms with Crippen LogP contribution in [0.5, 0.6) is 0 Å². The van der Waals surface area contributed by atoms with Gasteiger partial charge in [0.2, 0.25) is 5.91 Å². The molecule has 0 aromatic heterocycles. The zero-order valence-corrected chi connectivity index (χ0v) is 18.6. The third kappa shape index (κ3) is 7.61. The first-order valence-corrected chi connectivity index (χ1v) is 9.53. The molecule has 0 spiro atoms. The summed E-state index contributed by atoms with van der Waals surface area (Å²) in [5.41, 5.74) is 10.4. The molecule has 2 aromatic carbocycles. The predicted molar refractivity (Wildman–Crippen MR) is 122 cm³/mol. The molecule has 7 heteroatoms. The molecule has 2 atom stereocenters. The van der Waals surface area contributed by atoms with Gasteiger partial charge in [-0.05, 0) is 30.5 Å². The van der Waals surface area contributed by atoms with Gasteiger partial charge in [0, 0.05) is 26.2 Å². The fourth-order valence-electron chi connectivity index (χ4n) is 3.35. The topological polar surface area (TPSA) is 67.6 Å². The molecule has 0 radical (unpaired) electrons. The normalized spacial score (nSPS) is 17.6. The number of hydrogen-bond donors (Lipinski definition) is 2. The van der Waals surface area contributed by atoms with Gasteiger partial charge >= 0.3 is 0 Å². The van der Waals surface area contributed by atoms with Gasteiger partial charge < -0.3 is 15.8 Å². The minimum atomic E-state index is -0.649. The van der Waals surface area contributed by atoms with Crippen LogP contribution in [0.3, 0.4) is 0 Å². The molecule has 29 heavy (non-hydrogen) atoms. The van der Waals surface area contributed by atoms with Crippen LogP contribution in [0.25, 0.3) is 0 Å². The lowest BCUT2D eigenvalue weighted by Gasteiger charge is -2.31. The van der Waals surface area contributed by atoms with E-state index in [4.69, 9.17) is 10.5 Å².